The molecule has 0 bridgehead atoms. The number of benzene rings is 1. The van der Waals surface area contributed by atoms with Crippen LogP contribution >= 0.6 is 23.2 Å². The summed E-state index contributed by atoms with van der Waals surface area (Å²) in [5.74, 6) is -0.623. The number of aromatic nitrogens is 2. The fraction of sp³-hybridized carbons (Fsp3) is 0.125. The van der Waals surface area contributed by atoms with E-state index in [-0.39, 0.29) is 22.1 Å². The molecular weight excluding hydrogens is 378 g/mol. The molecule has 130 valence electrons. The summed E-state index contributed by atoms with van der Waals surface area (Å²) in [5, 5.41) is 2.80. The van der Waals surface area contributed by atoms with Crippen molar-refractivity contribution in [1.29, 1.82) is 0 Å². The number of hydrogen-bond acceptors (Lipinski definition) is 2. The Morgan fingerprint density at radius 3 is 2.60 bits per heavy atom. The van der Waals surface area contributed by atoms with E-state index in [4.69, 9.17) is 23.2 Å². The number of hydrogen-bond donors (Lipinski definition) is 1. The largest absolute Gasteiger partial charge is 0.417 e. The van der Waals surface area contributed by atoms with Crippen LogP contribution in [0.15, 0.2) is 36.5 Å². The molecule has 1 amide bonds. The summed E-state index contributed by atoms with van der Waals surface area (Å²) in [5.41, 5.74) is -0.281. The lowest BCUT2D eigenvalue weighted by Gasteiger charge is -2.10. The Hall–Kier alpha value is -2.25. The van der Waals surface area contributed by atoms with E-state index in [0.717, 1.165) is 16.7 Å². The van der Waals surface area contributed by atoms with Gasteiger partial charge in [0.15, 0.2) is 5.65 Å². The summed E-state index contributed by atoms with van der Waals surface area (Å²) >= 11 is 11.8. The Labute approximate surface area is 150 Å². The van der Waals surface area contributed by atoms with Gasteiger partial charge in [-0.25, -0.2) is 4.98 Å². The number of aryl methyl sites for hydroxylation is 1. The molecule has 1 aromatic carbocycles. The van der Waals surface area contributed by atoms with Gasteiger partial charge in [0.05, 0.1) is 16.3 Å². The standard InChI is InChI=1S/C16H10Cl2F3N3O/c1-8-13(15(25)23-11-4-2-3-10(17)6-11)24-7-9(16(19,20)21)5-12(18)14(24)22-8/h2-7H,1H3,(H,23,25). The number of amides is 1. The first-order chi connectivity index (χ1) is 11.7. The van der Waals surface area contributed by atoms with Crippen molar-refractivity contribution in [3.05, 3.63) is 63.5 Å². The van der Waals surface area contributed by atoms with E-state index in [1.54, 1.807) is 18.2 Å². The second kappa shape index (κ2) is 6.24. The fourth-order valence-corrected chi connectivity index (χ4v) is 2.84. The zero-order chi connectivity index (χ0) is 18.4. The molecule has 0 aliphatic rings. The van der Waals surface area contributed by atoms with Crippen molar-refractivity contribution in [3.63, 3.8) is 0 Å². The number of pyridine rings is 1. The van der Waals surface area contributed by atoms with Crippen LogP contribution in [-0.4, -0.2) is 15.3 Å². The van der Waals surface area contributed by atoms with Crippen LogP contribution in [0.1, 0.15) is 21.7 Å². The molecule has 3 aromatic rings. The second-order valence-electron chi connectivity index (χ2n) is 5.28. The van der Waals surface area contributed by atoms with Crippen molar-refractivity contribution < 1.29 is 18.0 Å². The van der Waals surface area contributed by atoms with Gasteiger partial charge in [-0.05, 0) is 31.2 Å². The molecular formula is C16H10Cl2F3N3O. The molecule has 0 aliphatic carbocycles. The number of halogens is 5. The van der Waals surface area contributed by atoms with Gasteiger partial charge in [-0.1, -0.05) is 29.3 Å². The molecule has 2 aromatic heterocycles. The van der Waals surface area contributed by atoms with Crippen molar-refractivity contribution >= 4 is 40.4 Å². The Morgan fingerprint density at radius 2 is 1.96 bits per heavy atom. The molecule has 0 radical (unpaired) electrons. The highest BCUT2D eigenvalue weighted by Gasteiger charge is 2.32. The summed E-state index contributed by atoms with van der Waals surface area (Å²) in [4.78, 5) is 16.6. The number of carbonyl (C=O) groups is 1. The average molecular weight is 388 g/mol. The predicted molar refractivity (Wildman–Crippen MR) is 89.3 cm³/mol. The lowest BCUT2D eigenvalue weighted by atomic mass is 10.2. The molecule has 0 saturated carbocycles. The van der Waals surface area contributed by atoms with Gasteiger partial charge in [0.2, 0.25) is 0 Å². The van der Waals surface area contributed by atoms with Gasteiger partial charge in [-0.15, -0.1) is 0 Å². The number of imidazole rings is 1. The van der Waals surface area contributed by atoms with Gasteiger partial charge >= 0.3 is 6.18 Å². The first-order valence-electron chi connectivity index (χ1n) is 6.99. The van der Waals surface area contributed by atoms with E-state index in [9.17, 15) is 18.0 Å². The maximum atomic E-state index is 13.0. The van der Waals surface area contributed by atoms with Crippen LogP contribution in [0.5, 0.6) is 0 Å². The zero-order valence-electron chi connectivity index (χ0n) is 12.7. The van der Waals surface area contributed by atoms with Crippen molar-refractivity contribution in [2.24, 2.45) is 0 Å². The third-order valence-electron chi connectivity index (χ3n) is 3.47. The minimum Gasteiger partial charge on any atom is -0.321 e. The molecule has 0 spiro atoms. The molecule has 0 aliphatic heterocycles. The molecule has 3 rings (SSSR count). The predicted octanol–water partition coefficient (Wildman–Crippen LogP) is 5.22. The van der Waals surface area contributed by atoms with E-state index in [2.05, 4.69) is 10.3 Å². The monoisotopic (exact) mass is 387 g/mol. The minimum atomic E-state index is -4.60. The third-order valence-corrected chi connectivity index (χ3v) is 3.99. The van der Waals surface area contributed by atoms with E-state index >= 15 is 0 Å². The van der Waals surface area contributed by atoms with Gasteiger partial charge < -0.3 is 5.32 Å². The second-order valence-corrected chi connectivity index (χ2v) is 6.12. The highest BCUT2D eigenvalue weighted by molar-refractivity contribution is 6.33. The Bertz CT molecular complexity index is 983. The Balaban J connectivity index is 2.10. The molecule has 9 heteroatoms. The molecule has 0 unspecified atom stereocenters. The summed E-state index contributed by atoms with van der Waals surface area (Å²) in [7, 11) is 0. The van der Waals surface area contributed by atoms with Crippen LogP contribution in [0.2, 0.25) is 10.0 Å². The Kier molecular flexibility index (Phi) is 4.38. The van der Waals surface area contributed by atoms with Crippen LogP contribution in [-0.2, 0) is 6.18 Å². The molecule has 2 heterocycles. The highest BCUT2D eigenvalue weighted by Crippen LogP contribution is 2.33. The lowest BCUT2D eigenvalue weighted by molar-refractivity contribution is -0.137. The summed E-state index contributed by atoms with van der Waals surface area (Å²) in [6, 6.07) is 7.18. The topological polar surface area (TPSA) is 46.4 Å². The van der Waals surface area contributed by atoms with Crippen molar-refractivity contribution in [2.75, 3.05) is 5.32 Å². The maximum absolute atomic E-state index is 13.0. The SMILES string of the molecule is Cc1nc2c(Cl)cc(C(F)(F)F)cn2c1C(=O)Nc1cccc(Cl)c1. The number of carbonyl (C=O) groups excluding carboxylic acids is 1. The Morgan fingerprint density at radius 1 is 1.24 bits per heavy atom. The van der Waals surface area contributed by atoms with Gasteiger partial charge in [0.1, 0.15) is 5.69 Å². The van der Waals surface area contributed by atoms with E-state index in [1.807, 2.05) is 0 Å². The quantitative estimate of drug-likeness (QED) is 0.654. The molecule has 0 atom stereocenters. The first kappa shape index (κ1) is 17.6. The smallest absolute Gasteiger partial charge is 0.321 e. The fourth-order valence-electron chi connectivity index (χ4n) is 2.40. The molecule has 0 fully saturated rings. The van der Waals surface area contributed by atoms with Gasteiger partial charge in [-0.2, -0.15) is 13.2 Å². The van der Waals surface area contributed by atoms with Crippen molar-refractivity contribution in [2.45, 2.75) is 13.1 Å². The number of nitrogens with one attached hydrogen (secondary N) is 1. The number of alkyl halides is 3. The van der Waals surface area contributed by atoms with Crippen LogP contribution in [0, 0.1) is 6.92 Å². The van der Waals surface area contributed by atoms with Crippen LogP contribution in [0.3, 0.4) is 0 Å². The number of rotatable bonds is 2. The lowest BCUT2D eigenvalue weighted by Crippen LogP contribution is -2.16. The molecule has 0 saturated heterocycles. The molecule has 1 N–H and O–H groups in total. The third kappa shape index (κ3) is 3.43. The van der Waals surface area contributed by atoms with Crippen LogP contribution in [0.4, 0.5) is 18.9 Å². The summed E-state index contributed by atoms with van der Waals surface area (Å²) in [6.45, 7) is 1.52. The minimum absolute atomic E-state index is 0.0389. The van der Waals surface area contributed by atoms with Gasteiger partial charge in [-0.3, -0.25) is 9.20 Å². The summed E-state index contributed by atoms with van der Waals surface area (Å²) < 4.78 is 40.1. The van der Waals surface area contributed by atoms with Crippen LogP contribution in [0.25, 0.3) is 5.65 Å². The van der Waals surface area contributed by atoms with Crippen molar-refractivity contribution in [1.82, 2.24) is 9.38 Å². The number of fused-ring (bicyclic) bond motifs is 1. The average Bonchev–Trinajstić information content (AvgIpc) is 2.83. The number of anilines is 1. The highest BCUT2D eigenvalue weighted by atomic mass is 35.5. The zero-order valence-corrected chi connectivity index (χ0v) is 14.2. The van der Waals surface area contributed by atoms with Crippen LogP contribution < -0.4 is 5.32 Å². The van der Waals surface area contributed by atoms with E-state index in [1.165, 1.54) is 13.0 Å². The van der Waals surface area contributed by atoms with E-state index in [0.29, 0.717) is 10.7 Å². The first-order valence-corrected chi connectivity index (χ1v) is 7.74. The van der Waals surface area contributed by atoms with Crippen molar-refractivity contribution in [3.8, 4) is 0 Å². The van der Waals surface area contributed by atoms with E-state index < -0.39 is 17.6 Å². The van der Waals surface area contributed by atoms with Gasteiger partial charge in [0, 0.05) is 16.9 Å². The molecule has 25 heavy (non-hydrogen) atoms. The van der Waals surface area contributed by atoms with Gasteiger partial charge in [0.25, 0.3) is 5.91 Å². The maximum Gasteiger partial charge on any atom is 0.417 e. The number of nitrogens with zero attached hydrogens (tertiary/aromatic N) is 2. The summed E-state index contributed by atoms with van der Waals surface area (Å²) in [6.07, 6.45) is -3.80. The molecule has 4 nitrogen and oxygen atoms in total. The normalized spacial score (nSPS) is 11.8.